The van der Waals surface area contributed by atoms with Crippen LogP contribution in [0.1, 0.15) is 49.5 Å². The minimum Gasteiger partial charge on any atom is -0.348 e. The van der Waals surface area contributed by atoms with Gasteiger partial charge in [0.1, 0.15) is 5.69 Å². The third-order valence-corrected chi connectivity index (χ3v) is 4.35. The summed E-state index contributed by atoms with van der Waals surface area (Å²) >= 11 is 3.39. The molecule has 0 bridgehead atoms. The van der Waals surface area contributed by atoms with Crippen molar-refractivity contribution in [3.8, 4) is 0 Å². The van der Waals surface area contributed by atoms with Gasteiger partial charge in [-0.1, -0.05) is 19.3 Å². The number of rotatable bonds is 3. The van der Waals surface area contributed by atoms with Gasteiger partial charge in [0.15, 0.2) is 0 Å². The minimum atomic E-state index is 0.0290. The molecule has 1 aromatic rings. The summed E-state index contributed by atoms with van der Waals surface area (Å²) in [4.78, 5) is 12.2. The van der Waals surface area contributed by atoms with E-state index in [2.05, 4.69) is 28.2 Å². The van der Waals surface area contributed by atoms with E-state index in [0.717, 1.165) is 4.47 Å². The van der Waals surface area contributed by atoms with Crippen LogP contribution in [0.4, 0.5) is 0 Å². The van der Waals surface area contributed by atoms with Crippen LogP contribution in [0.2, 0.25) is 0 Å². The predicted molar refractivity (Wildman–Crippen MR) is 76.6 cm³/mol. The van der Waals surface area contributed by atoms with Crippen LogP contribution in [0.15, 0.2) is 16.7 Å². The number of hydrogen-bond donors (Lipinski definition) is 1. The topological polar surface area (TPSA) is 34.0 Å². The molecule has 1 saturated carbocycles. The maximum atomic E-state index is 12.2. The van der Waals surface area contributed by atoms with Crippen LogP contribution < -0.4 is 5.32 Å². The Morgan fingerprint density at radius 2 is 2.11 bits per heavy atom. The van der Waals surface area contributed by atoms with Crippen LogP contribution in [0.5, 0.6) is 0 Å². The lowest BCUT2D eigenvalue weighted by Crippen LogP contribution is -2.39. The highest BCUT2D eigenvalue weighted by molar-refractivity contribution is 9.10. The fourth-order valence-corrected chi connectivity index (χ4v) is 3.31. The number of carbonyl (C=O) groups excluding carboxylic acids is 1. The first kappa shape index (κ1) is 13.7. The Balaban J connectivity index is 1.96. The first-order chi connectivity index (χ1) is 8.58. The third-order valence-electron chi connectivity index (χ3n) is 3.92. The summed E-state index contributed by atoms with van der Waals surface area (Å²) < 4.78 is 2.80. The quantitative estimate of drug-likeness (QED) is 0.911. The second kappa shape index (κ2) is 5.91. The second-order valence-electron chi connectivity index (χ2n) is 5.31. The number of hydrogen-bond acceptors (Lipinski definition) is 1. The second-order valence-corrected chi connectivity index (χ2v) is 6.23. The van der Waals surface area contributed by atoms with Gasteiger partial charge in [-0.05, 0) is 47.7 Å². The van der Waals surface area contributed by atoms with Crippen molar-refractivity contribution in [2.45, 2.75) is 45.1 Å². The van der Waals surface area contributed by atoms with Crippen molar-refractivity contribution in [3.05, 3.63) is 22.4 Å². The van der Waals surface area contributed by atoms with Gasteiger partial charge in [0.25, 0.3) is 5.91 Å². The van der Waals surface area contributed by atoms with Gasteiger partial charge in [0.05, 0.1) is 0 Å². The van der Waals surface area contributed by atoms with Crippen molar-refractivity contribution in [2.24, 2.45) is 13.0 Å². The van der Waals surface area contributed by atoms with E-state index in [-0.39, 0.29) is 11.9 Å². The lowest BCUT2D eigenvalue weighted by atomic mass is 9.84. The molecule has 0 aromatic carbocycles. The van der Waals surface area contributed by atoms with E-state index in [0.29, 0.717) is 11.6 Å². The van der Waals surface area contributed by atoms with Crippen LogP contribution in [-0.4, -0.2) is 16.5 Å². The fraction of sp³-hybridized carbons (Fsp3) is 0.643. The number of carbonyl (C=O) groups is 1. The van der Waals surface area contributed by atoms with E-state index in [4.69, 9.17) is 0 Å². The molecule has 1 fully saturated rings. The molecule has 4 heteroatoms. The van der Waals surface area contributed by atoms with Crippen LogP contribution in [0, 0.1) is 5.92 Å². The van der Waals surface area contributed by atoms with Crippen LogP contribution in [0.25, 0.3) is 0 Å². The molecule has 1 N–H and O–H groups in total. The first-order valence-corrected chi connectivity index (χ1v) is 7.50. The maximum Gasteiger partial charge on any atom is 0.268 e. The Kier molecular flexibility index (Phi) is 4.49. The number of amides is 1. The first-order valence-electron chi connectivity index (χ1n) is 6.70. The summed E-state index contributed by atoms with van der Waals surface area (Å²) in [6, 6.07) is 2.13. The van der Waals surface area contributed by atoms with Crippen molar-refractivity contribution in [2.75, 3.05) is 0 Å². The standard InChI is InChI=1S/C14H21BrN2O/c1-10(11-6-4-3-5-7-11)16-14(18)13-8-12(15)9-17(13)2/h8-11H,3-7H2,1-2H3,(H,16,18). The number of nitrogens with zero attached hydrogens (tertiary/aromatic N) is 1. The molecule has 1 aliphatic rings. The zero-order valence-electron chi connectivity index (χ0n) is 11.1. The number of nitrogens with one attached hydrogen (secondary N) is 1. The molecular formula is C14H21BrN2O. The Hall–Kier alpha value is -0.770. The van der Waals surface area contributed by atoms with Gasteiger partial charge in [0.2, 0.25) is 0 Å². The zero-order chi connectivity index (χ0) is 13.1. The van der Waals surface area contributed by atoms with Gasteiger partial charge < -0.3 is 9.88 Å². The lowest BCUT2D eigenvalue weighted by Gasteiger charge is -2.28. The molecule has 100 valence electrons. The Bertz CT molecular complexity index is 421. The van der Waals surface area contributed by atoms with Gasteiger partial charge in [-0.3, -0.25) is 4.79 Å². The third kappa shape index (κ3) is 3.16. The molecule has 1 aliphatic carbocycles. The largest absolute Gasteiger partial charge is 0.348 e. The number of aromatic nitrogens is 1. The van der Waals surface area contributed by atoms with E-state index < -0.39 is 0 Å². The maximum absolute atomic E-state index is 12.2. The Labute approximate surface area is 117 Å². The molecule has 2 rings (SSSR count). The predicted octanol–water partition coefficient (Wildman–Crippen LogP) is 3.49. The number of aryl methyl sites for hydroxylation is 1. The Morgan fingerprint density at radius 1 is 1.44 bits per heavy atom. The highest BCUT2D eigenvalue weighted by Crippen LogP contribution is 2.26. The summed E-state index contributed by atoms with van der Waals surface area (Å²) in [6.45, 7) is 2.13. The Morgan fingerprint density at radius 3 is 2.67 bits per heavy atom. The van der Waals surface area contributed by atoms with E-state index in [1.807, 2.05) is 23.9 Å². The average Bonchev–Trinajstić information content (AvgIpc) is 2.69. The van der Waals surface area contributed by atoms with Gasteiger partial charge in [0, 0.05) is 23.8 Å². The van der Waals surface area contributed by atoms with Crippen LogP contribution >= 0.6 is 15.9 Å². The lowest BCUT2D eigenvalue weighted by molar-refractivity contribution is 0.0911. The van der Waals surface area contributed by atoms with Gasteiger partial charge >= 0.3 is 0 Å². The molecule has 0 radical (unpaired) electrons. The van der Waals surface area contributed by atoms with E-state index in [9.17, 15) is 4.79 Å². The van der Waals surface area contributed by atoms with Crippen molar-refractivity contribution < 1.29 is 4.79 Å². The van der Waals surface area contributed by atoms with Crippen molar-refractivity contribution >= 4 is 21.8 Å². The SMILES string of the molecule is CC(NC(=O)c1cc(Br)cn1C)C1CCCCC1. The van der Waals surface area contributed by atoms with Crippen LogP contribution in [0.3, 0.4) is 0 Å². The molecule has 0 saturated heterocycles. The molecule has 1 amide bonds. The summed E-state index contributed by atoms with van der Waals surface area (Å²) in [5.41, 5.74) is 0.713. The molecule has 0 aliphatic heterocycles. The minimum absolute atomic E-state index is 0.0290. The molecule has 1 atom stereocenters. The van der Waals surface area contributed by atoms with E-state index >= 15 is 0 Å². The van der Waals surface area contributed by atoms with Crippen molar-refractivity contribution in [1.29, 1.82) is 0 Å². The smallest absolute Gasteiger partial charge is 0.268 e. The van der Waals surface area contributed by atoms with E-state index in [1.165, 1.54) is 32.1 Å². The van der Waals surface area contributed by atoms with Crippen molar-refractivity contribution in [3.63, 3.8) is 0 Å². The van der Waals surface area contributed by atoms with Crippen LogP contribution in [-0.2, 0) is 7.05 Å². The molecule has 1 unspecified atom stereocenters. The van der Waals surface area contributed by atoms with Gasteiger partial charge in [-0.2, -0.15) is 0 Å². The van der Waals surface area contributed by atoms with Gasteiger partial charge in [-0.25, -0.2) is 0 Å². The summed E-state index contributed by atoms with van der Waals surface area (Å²) in [7, 11) is 1.89. The zero-order valence-corrected chi connectivity index (χ0v) is 12.7. The van der Waals surface area contributed by atoms with Crippen molar-refractivity contribution in [1.82, 2.24) is 9.88 Å². The number of halogens is 1. The van der Waals surface area contributed by atoms with Gasteiger partial charge in [-0.15, -0.1) is 0 Å². The summed E-state index contributed by atoms with van der Waals surface area (Å²) in [5, 5.41) is 3.14. The molecular weight excluding hydrogens is 292 g/mol. The fourth-order valence-electron chi connectivity index (χ4n) is 2.78. The molecule has 1 aromatic heterocycles. The average molecular weight is 313 g/mol. The monoisotopic (exact) mass is 312 g/mol. The molecule has 3 nitrogen and oxygen atoms in total. The molecule has 18 heavy (non-hydrogen) atoms. The highest BCUT2D eigenvalue weighted by Gasteiger charge is 2.22. The summed E-state index contributed by atoms with van der Waals surface area (Å²) in [5.74, 6) is 0.674. The normalized spacial score (nSPS) is 18.6. The highest BCUT2D eigenvalue weighted by atomic mass is 79.9. The molecule has 0 spiro atoms. The molecule has 1 heterocycles. The summed E-state index contributed by atoms with van der Waals surface area (Å²) in [6.07, 6.45) is 8.36. The van der Waals surface area contributed by atoms with E-state index in [1.54, 1.807) is 0 Å².